The van der Waals surface area contributed by atoms with Crippen LogP contribution in [0.5, 0.6) is 0 Å². The molecule has 1 saturated heterocycles. The molecule has 1 aliphatic heterocycles. The average molecular weight is 342 g/mol. The number of ether oxygens (including phenoxy) is 1. The van der Waals surface area contributed by atoms with Crippen LogP contribution in [-0.4, -0.2) is 43.6 Å². The van der Waals surface area contributed by atoms with Crippen molar-refractivity contribution in [3.8, 4) is 0 Å². The molecule has 0 radical (unpaired) electrons. The van der Waals surface area contributed by atoms with Gasteiger partial charge in [0.1, 0.15) is 5.60 Å². The summed E-state index contributed by atoms with van der Waals surface area (Å²) in [5.41, 5.74) is -0.490. The van der Waals surface area contributed by atoms with Gasteiger partial charge in [0, 0.05) is 6.54 Å². The number of hydrogen-bond donors (Lipinski definition) is 0. The van der Waals surface area contributed by atoms with Crippen molar-refractivity contribution in [2.45, 2.75) is 90.3 Å². The summed E-state index contributed by atoms with van der Waals surface area (Å²) < 4.78 is 12.1. The molecule has 5 heteroatoms. The maximum Gasteiger partial charge on any atom is 0.410 e. The van der Waals surface area contributed by atoms with E-state index in [4.69, 9.17) is 9.16 Å². The number of carbonyl (C=O) groups excluding carboxylic acids is 1. The van der Waals surface area contributed by atoms with Gasteiger partial charge in [0.15, 0.2) is 8.32 Å². The highest BCUT2D eigenvalue weighted by Gasteiger charge is 2.43. The van der Waals surface area contributed by atoms with Crippen LogP contribution in [-0.2, 0) is 9.16 Å². The number of amides is 1. The van der Waals surface area contributed by atoms with E-state index in [2.05, 4.69) is 40.4 Å². The molecule has 0 bridgehead atoms. The Labute approximate surface area is 143 Å². The molecule has 2 atom stereocenters. The van der Waals surface area contributed by atoms with Crippen LogP contribution in [0.2, 0.25) is 18.1 Å². The predicted molar refractivity (Wildman–Crippen MR) is 98.2 cm³/mol. The van der Waals surface area contributed by atoms with Gasteiger partial charge in [-0.25, -0.2) is 4.79 Å². The maximum atomic E-state index is 12.5. The van der Waals surface area contributed by atoms with Crippen LogP contribution in [0.15, 0.2) is 12.7 Å². The smallest absolute Gasteiger partial charge is 0.410 e. The van der Waals surface area contributed by atoms with Crippen molar-refractivity contribution in [3.63, 3.8) is 0 Å². The monoisotopic (exact) mass is 341 g/mol. The summed E-state index contributed by atoms with van der Waals surface area (Å²) in [5, 5.41) is 0.146. The van der Waals surface area contributed by atoms with E-state index < -0.39 is 13.9 Å². The van der Waals surface area contributed by atoms with Crippen molar-refractivity contribution >= 4 is 14.4 Å². The number of piperidine rings is 1. The highest BCUT2D eigenvalue weighted by Crippen LogP contribution is 2.39. The molecule has 2 unspecified atom stereocenters. The zero-order valence-electron chi connectivity index (χ0n) is 16.2. The molecule has 1 aliphatic rings. The lowest BCUT2D eigenvalue weighted by molar-refractivity contribution is -0.00843. The van der Waals surface area contributed by atoms with Crippen LogP contribution in [0.3, 0.4) is 0 Å². The Kier molecular flexibility index (Phi) is 6.13. The van der Waals surface area contributed by atoms with Crippen molar-refractivity contribution in [2.75, 3.05) is 6.54 Å². The third kappa shape index (κ3) is 5.35. The third-order valence-corrected chi connectivity index (χ3v) is 9.25. The number of rotatable bonds is 3. The molecule has 0 aromatic heterocycles. The first-order valence-corrected chi connectivity index (χ1v) is 11.5. The summed E-state index contributed by atoms with van der Waals surface area (Å²) in [7, 11) is -1.89. The summed E-state index contributed by atoms with van der Waals surface area (Å²) in [6.45, 7) is 21.5. The van der Waals surface area contributed by atoms with Gasteiger partial charge >= 0.3 is 6.09 Å². The maximum absolute atomic E-state index is 12.5. The molecule has 134 valence electrons. The number of carbonyl (C=O) groups is 1. The fourth-order valence-corrected chi connectivity index (χ4v) is 3.85. The Morgan fingerprint density at radius 2 is 1.78 bits per heavy atom. The van der Waals surface area contributed by atoms with Crippen molar-refractivity contribution < 1.29 is 14.0 Å². The molecule has 1 amide bonds. The molecule has 4 nitrogen and oxygen atoms in total. The van der Waals surface area contributed by atoms with E-state index in [0.29, 0.717) is 6.54 Å². The molecular weight excluding hydrogens is 306 g/mol. The fourth-order valence-electron chi connectivity index (χ4n) is 2.48. The minimum Gasteiger partial charge on any atom is -0.444 e. The van der Waals surface area contributed by atoms with Crippen LogP contribution < -0.4 is 0 Å². The first-order chi connectivity index (χ1) is 10.3. The van der Waals surface area contributed by atoms with E-state index in [9.17, 15) is 4.79 Å². The lowest BCUT2D eigenvalue weighted by Crippen LogP contribution is -2.56. The topological polar surface area (TPSA) is 38.8 Å². The Bertz CT molecular complexity index is 435. The van der Waals surface area contributed by atoms with E-state index in [1.807, 2.05) is 26.8 Å². The second-order valence-electron chi connectivity index (χ2n) is 8.96. The Morgan fingerprint density at radius 3 is 2.22 bits per heavy atom. The van der Waals surface area contributed by atoms with E-state index in [-0.39, 0.29) is 23.3 Å². The van der Waals surface area contributed by atoms with Crippen LogP contribution in [0, 0.1) is 0 Å². The number of likely N-dealkylation sites (tertiary alicyclic amines) is 1. The predicted octanol–water partition coefficient (Wildman–Crippen LogP) is 4.96. The van der Waals surface area contributed by atoms with Gasteiger partial charge < -0.3 is 9.16 Å². The molecule has 1 fully saturated rings. The quantitative estimate of drug-likeness (QED) is 0.538. The minimum absolute atomic E-state index is 0.00894. The van der Waals surface area contributed by atoms with Crippen molar-refractivity contribution in [3.05, 3.63) is 12.7 Å². The second kappa shape index (κ2) is 6.97. The number of nitrogens with zero attached hydrogens (tertiary/aromatic N) is 1. The summed E-state index contributed by atoms with van der Waals surface area (Å²) >= 11 is 0. The minimum atomic E-state index is -1.89. The lowest BCUT2D eigenvalue weighted by Gasteiger charge is -2.45. The fraction of sp³-hybridized carbons (Fsp3) is 0.833. The van der Waals surface area contributed by atoms with Crippen LogP contribution in [0.25, 0.3) is 0 Å². The zero-order valence-corrected chi connectivity index (χ0v) is 17.2. The Balaban J connectivity index is 2.91. The van der Waals surface area contributed by atoms with Crippen molar-refractivity contribution in [1.29, 1.82) is 0 Å². The van der Waals surface area contributed by atoms with Crippen LogP contribution >= 0.6 is 0 Å². The molecule has 0 saturated carbocycles. The molecule has 23 heavy (non-hydrogen) atoms. The first kappa shape index (κ1) is 20.2. The molecular formula is C18H35NO3Si. The van der Waals surface area contributed by atoms with Crippen LogP contribution in [0.1, 0.15) is 54.4 Å². The van der Waals surface area contributed by atoms with Gasteiger partial charge in [-0.1, -0.05) is 26.8 Å². The third-order valence-electron chi connectivity index (χ3n) is 4.75. The van der Waals surface area contributed by atoms with Gasteiger partial charge in [0.2, 0.25) is 0 Å². The largest absolute Gasteiger partial charge is 0.444 e. The van der Waals surface area contributed by atoms with E-state index >= 15 is 0 Å². The molecule has 1 heterocycles. The first-order valence-electron chi connectivity index (χ1n) is 8.58. The van der Waals surface area contributed by atoms with E-state index in [1.54, 1.807) is 4.90 Å². The summed E-state index contributed by atoms with van der Waals surface area (Å²) in [6, 6.07) is -0.118. The van der Waals surface area contributed by atoms with Crippen molar-refractivity contribution in [1.82, 2.24) is 4.90 Å². The van der Waals surface area contributed by atoms with Gasteiger partial charge in [-0.15, -0.1) is 6.58 Å². The van der Waals surface area contributed by atoms with Crippen LogP contribution in [0.4, 0.5) is 4.79 Å². The van der Waals surface area contributed by atoms with Gasteiger partial charge in [0.25, 0.3) is 0 Å². The van der Waals surface area contributed by atoms with E-state index in [0.717, 1.165) is 12.8 Å². The van der Waals surface area contributed by atoms with Gasteiger partial charge in [-0.3, -0.25) is 4.90 Å². The summed E-state index contributed by atoms with van der Waals surface area (Å²) in [4.78, 5) is 14.3. The standard InChI is InChI=1S/C18H35NO3Si/c1-10-14-15(22-23(8,9)18(5,6)7)12-11-13-19(14)16(20)21-17(2,3)4/h10,14-15H,1,11-13H2,2-9H3. The second-order valence-corrected chi connectivity index (χ2v) is 13.7. The SMILES string of the molecule is C=CC1C(O[Si](C)(C)C(C)(C)C)CCCN1C(=O)OC(C)(C)C. The highest BCUT2D eigenvalue weighted by atomic mass is 28.4. The zero-order chi connectivity index (χ0) is 18.1. The molecule has 0 spiro atoms. The summed E-state index contributed by atoms with van der Waals surface area (Å²) in [6.07, 6.45) is 3.47. The highest BCUT2D eigenvalue weighted by molar-refractivity contribution is 6.74. The van der Waals surface area contributed by atoms with E-state index in [1.165, 1.54) is 0 Å². The lowest BCUT2D eigenvalue weighted by atomic mass is 9.99. The molecule has 0 aliphatic carbocycles. The molecule has 1 rings (SSSR count). The molecule has 0 aromatic rings. The van der Waals surface area contributed by atoms with Gasteiger partial charge in [-0.05, 0) is 51.7 Å². The van der Waals surface area contributed by atoms with Crippen molar-refractivity contribution in [2.24, 2.45) is 0 Å². The van der Waals surface area contributed by atoms with Gasteiger partial charge in [0.05, 0.1) is 12.1 Å². The molecule has 0 aromatic carbocycles. The number of hydrogen-bond acceptors (Lipinski definition) is 3. The Morgan fingerprint density at radius 1 is 1.22 bits per heavy atom. The van der Waals surface area contributed by atoms with Gasteiger partial charge in [-0.2, -0.15) is 0 Å². The normalized spacial score (nSPS) is 23.6. The summed E-state index contributed by atoms with van der Waals surface area (Å²) in [5.74, 6) is 0. The molecule has 0 N–H and O–H groups in total. The average Bonchev–Trinajstić information content (AvgIpc) is 2.34. The Hall–Kier alpha value is -0.813.